The fourth-order valence-electron chi connectivity index (χ4n) is 4.61. The highest BCUT2D eigenvalue weighted by Gasteiger charge is 2.32. The third-order valence-corrected chi connectivity index (χ3v) is 7.62. The molecule has 204 valence electrons. The number of esters is 1. The first kappa shape index (κ1) is 27.1. The number of amides is 1. The third kappa shape index (κ3) is 6.56. The second kappa shape index (κ2) is 12.1. The number of carbonyl (C=O) groups is 2. The minimum Gasteiger partial charge on any atom is -0.508 e. The molecule has 1 aliphatic heterocycles. The van der Waals surface area contributed by atoms with Gasteiger partial charge in [0.2, 0.25) is 0 Å². The number of carbonyl (C=O) groups excluding carboxylic acids is 2. The fraction of sp³-hybridized carbons (Fsp3) is 0.194. The SMILES string of the molecule is CC(=O)Oc1cc2c(s1)CCN(C(C(=O)N/N=C(\C)c1ccc(O)cc1)c1cccc(Oc3ccccc3)c1)C2. The standard InChI is InChI=1S/C31H29N3O5S/c1-20(22-11-13-25(36)14-12-22)32-33-31(37)30(23-7-6-10-27(17-23)39-26-8-4-3-5-9-26)34-16-15-28-24(19-34)18-29(40-28)38-21(2)35/h3-14,17-18,30,36H,15-16,19H2,1-2H3,(H,33,37)/b32-20+. The monoisotopic (exact) mass is 555 g/mol. The Bertz CT molecular complexity index is 1530. The molecule has 4 aromatic rings. The number of thiophene rings is 1. The number of hydrogen-bond acceptors (Lipinski definition) is 8. The summed E-state index contributed by atoms with van der Waals surface area (Å²) in [6, 6.07) is 24.9. The molecule has 9 heteroatoms. The van der Waals surface area contributed by atoms with Crippen molar-refractivity contribution in [3.05, 3.63) is 106 Å². The van der Waals surface area contributed by atoms with Gasteiger partial charge in [0, 0.05) is 24.9 Å². The van der Waals surface area contributed by atoms with Gasteiger partial charge >= 0.3 is 5.97 Å². The second-order valence-electron chi connectivity index (χ2n) is 9.44. The van der Waals surface area contributed by atoms with Crippen molar-refractivity contribution in [2.24, 2.45) is 5.10 Å². The second-order valence-corrected chi connectivity index (χ2v) is 10.5. The summed E-state index contributed by atoms with van der Waals surface area (Å²) in [6.45, 7) is 4.33. The van der Waals surface area contributed by atoms with Crippen LogP contribution >= 0.6 is 11.3 Å². The van der Waals surface area contributed by atoms with Gasteiger partial charge < -0.3 is 14.6 Å². The van der Waals surface area contributed by atoms with Gasteiger partial charge in [-0.1, -0.05) is 30.3 Å². The predicted octanol–water partition coefficient (Wildman–Crippen LogP) is 5.81. The Hall–Kier alpha value is -4.47. The number of nitrogens with one attached hydrogen (secondary N) is 1. The van der Waals surface area contributed by atoms with Gasteiger partial charge in [-0.05, 0) is 84.6 Å². The summed E-state index contributed by atoms with van der Waals surface area (Å²) in [4.78, 5) is 28.5. The van der Waals surface area contributed by atoms with Crippen LogP contribution in [0.1, 0.15) is 41.5 Å². The first-order valence-electron chi connectivity index (χ1n) is 12.9. The summed E-state index contributed by atoms with van der Waals surface area (Å²) in [5, 5.41) is 14.5. The first-order valence-corrected chi connectivity index (χ1v) is 13.7. The number of hydrogen-bond donors (Lipinski definition) is 2. The number of rotatable bonds is 8. The summed E-state index contributed by atoms with van der Waals surface area (Å²) in [6.07, 6.45) is 0.723. The van der Waals surface area contributed by atoms with Crippen molar-refractivity contribution < 1.29 is 24.2 Å². The van der Waals surface area contributed by atoms with Gasteiger partial charge in [-0.25, -0.2) is 5.43 Å². The Balaban J connectivity index is 1.42. The smallest absolute Gasteiger partial charge is 0.308 e. The van der Waals surface area contributed by atoms with Gasteiger partial charge in [0.25, 0.3) is 5.91 Å². The summed E-state index contributed by atoms with van der Waals surface area (Å²) >= 11 is 1.47. The molecule has 0 saturated heterocycles. The van der Waals surface area contributed by atoms with Crippen LogP contribution in [0.2, 0.25) is 0 Å². The van der Waals surface area contributed by atoms with Crippen LogP contribution in [0.3, 0.4) is 0 Å². The summed E-state index contributed by atoms with van der Waals surface area (Å²) in [7, 11) is 0. The Morgan fingerprint density at radius 3 is 2.48 bits per heavy atom. The molecule has 0 radical (unpaired) electrons. The predicted molar refractivity (Wildman–Crippen MR) is 154 cm³/mol. The molecule has 1 amide bonds. The van der Waals surface area contributed by atoms with Crippen molar-refractivity contribution in [3.8, 4) is 22.3 Å². The molecule has 8 nitrogen and oxygen atoms in total. The van der Waals surface area contributed by atoms with E-state index < -0.39 is 6.04 Å². The summed E-state index contributed by atoms with van der Waals surface area (Å²) in [5.41, 5.74) is 5.95. The van der Waals surface area contributed by atoms with E-state index in [1.807, 2.05) is 60.7 Å². The van der Waals surface area contributed by atoms with Crippen LogP contribution in [0.5, 0.6) is 22.3 Å². The average Bonchev–Trinajstić information content (AvgIpc) is 3.34. The minimum atomic E-state index is -0.652. The Kier molecular flexibility index (Phi) is 8.23. The molecule has 2 N–H and O–H groups in total. The van der Waals surface area contributed by atoms with Crippen molar-refractivity contribution in [2.45, 2.75) is 32.9 Å². The highest BCUT2D eigenvalue weighted by atomic mass is 32.1. The Labute approximate surface area is 236 Å². The fourth-order valence-corrected chi connectivity index (χ4v) is 5.66. The van der Waals surface area contributed by atoms with E-state index in [-0.39, 0.29) is 17.6 Å². The molecule has 3 aromatic carbocycles. The van der Waals surface area contributed by atoms with Crippen LogP contribution in [0.25, 0.3) is 0 Å². The molecular formula is C31H29N3O5S. The van der Waals surface area contributed by atoms with E-state index in [0.717, 1.165) is 28.0 Å². The zero-order chi connectivity index (χ0) is 28.1. The van der Waals surface area contributed by atoms with Crippen LogP contribution in [0.15, 0.2) is 90.0 Å². The quantitative estimate of drug-likeness (QED) is 0.162. The number of benzene rings is 3. The zero-order valence-electron chi connectivity index (χ0n) is 22.2. The average molecular weight is 556 g/mol. The summed E-state index contributed by atoms with van der Waals surface area (Å²) < 4.78 is 11.4. The third-order valence-electron chi connectivity index (χ3n) is 6.50. The maximum atomic E-state index is 13.8. The molecular weight excluding hydrogens is 526 g/mol. The number of hydrazone groups is 1. The van der Waals surface area contributed by atoms with Crippen molar-refractivity contribution in [1.29, 1.82) is 0 Å². The molecule has 1 atom stereocenters. The van der Waals surface area contributed by atoms with Crippen LogP contribution in [0, 0.1) is 0 Å². The lowest BCUT2D eigenvalue weighted by molar-refractivity contribution is -0.131. The number of aromatic hydroxyl groups is 1. The molecule has 0 aliphatic carbocycles. The van der Waals surface area contributed by atoms with Gasteiger partial charge in [-0.2, -0.15) is 5.10 Å². The molecule has 2 heterocycles. The van der Waals surface area contributed by atoms with Crippen molar-refractivity contribution in [3.63, 3.8) is 0 Å². The topological polar surface area (TPSA) is 100 Å². The zero-order valence-corrected chi connectivity index (χ0v) is 23.0. The largest absolute Gasteiger partial charge is 0.508 e. The molecule has 40 heavy (non-hydrogen) atoms. The Morgan fingerprint density at radius 1 is 0.975 bits per heavy atom. The lowest BCUT2D eigenvalue weighted by Gasteiger charge is -2.33. The molecule has 1 aliphatic rings. The normalized spacial score (nSPS) is 14.2. The van der Waals surface area contributed by atoms with E-state index in [2.05, 4.69) is 15.4 Å². The van der Waals surface area contributed by atoms with Crippen molar-refractivity contribution >= 4 is 28.9 Å². The lowest BCUT2D eigenvalue weighted by atomic mass is 10.0. The van der Waals surface area contributed by atoms with Crippen LogP contribution in [0.4, 0.5) is 0 Å². The molecule has 1 aromatic heterocycles. The van der Waals surface area contributed by atoms with Gasteiger partial charge in [-0.15, -0.1) is 11.3 Å². The first-order chi connectivity index (χ1) is 19.4. The van der Waals surface area contributed by atoms with Crippen molar-refractivity contribution in [2.75, 3.05) is 6.54 Å². The molecule has 1 unspecified atom stereocenters. The summed E-state index contributed by atoms with van der Waals surface area (Å²) in [5.74, 6) is 0.844. The highest BCUT2D eigenvalue weighted by molar-refractivity contribution is 7.14. The molecule has 0 fully saturated rings. The highest BCUT2D eigenvalue weighted by Crippen LogP contribution is 2.37. The van der Waals surface area contributed by atoms with Crippen LogP contribution in [-0.4, -0.2) is 34.1 Å². The van der Waals surface area contributed by atoms with Gasteiger partial charge in [0.1, 0.15) is 23.3 Å². The number of ether oxygens (including phenoxy) is 2. The van der Waals surface area contributed by atoms with E-state index in [9.17, 15) is 14.7 Å². The van der Waals surface area contributed by atoms with E-state index in [4.69, 9.17) is 9.47 Å². The minimum absolute atomic E-state index is 0.160. The van der Waals surface area contributed by atoms with E-state index >= 15 is 0 Å². The molecule has 0 saturated carbocycles. The van der Waals surface area contributed by atoms with Crippen molar-refractivity contribution in [1.82, 2.24) is 10.3 Å². The maximum absolute atomic E-state index is 13.8. The van der Waals surface area contributed by atoms with E-state index in [1.165, 1.54) is 18.3 Å². The van der Waals surface area contributed by atoms with E-state index in [1.54, 1.807) is 31.2 Å². The molecule has 5 rings (SSSR count). The van der Waals surface area contributed by atoms with Gasteiger partial charge in [0.05, 0.1) is 5.71 Å². The van der Waals surface area contributed by atoms with Gasteiger partial charge in [0.15, 0.2) is 5.06 Å². The number of fused-ring (bicyclic) bond motifs is 1. The maximum Gasteiger partial charge on any atom is 0.308 e. The Morgan fingerprint density at radius 2 is 1.73 bits per heavy atom. The number of phenols is 1. The van der Waals surface area contributed by atoms with Crippen LogP contribution < -0.4 is 14.9 Å². The lowest BCUT2D eigenvalue weighted by Crippen LogP contribution is -2.41. The van der Waals surface area contributed by atoms with E-state index in [0.29, 0.717) is 35.4 Å². The van der Waals surface area contributed by atoms with Crippen LogP contribution in [-0.2, 0) is 22.6 Å². The van der Waals surface area contributed by atoms with Gasteiger partial charge in [-0.3, -0.25) is 14.5 Å². The number of para-hydroxylation sites is 1. The molecule has 0 spiro atoms. The number of nitrogens with zero attached hydrogens (tertiary/aromatic N) is 2. The number of phenolic OH excluding ortho intramolecular Hbond substituents is 1. The molecule has 0 bridgehead atoms.